The van der Waals surface area contributed by atoms with E-state index in [1.165, 1.54) is 13.8 Å². The fourth-order valence-electron chi connectivity index (χ4n) is 2.48. The van der Waals surface area contributed by atoms with Crippen LogP contribution in [-0.4, -0.2) is 23.3 Å². The standard InChI is InChI=1S/C18H9F10NO2/c1-4(2)3-29(17(30)5-7(19)11(23)15(27)12(24)8(5)20)18(31)6-9(21)13(25)16(28)14(26)10(6)22/h4H,3H2,1-2H3. The quantitative estimate of drug-likeness (QED) is 0.278. The summed E-state index contributed by atoms with van der Waals surface area (Å²) in [6.07, 6.45) is 0. The Morgan fingerprint density at radius 1 is 0.548 bits per heavy atom. The summed E-state index contributed by atoms with van der Waals surface area (Å²) in [7, 11) is 0. The summed E-state index contributed by atoms with van der Waals surface area (Å²) < 4.78 is 136. The van der Waals surface area contributed by atoms with Gasteiger partial charge in [0.15, 0.2) is 46.5 Å². The maximum absolute atomic E-state index is 14.0. The van der Waals surface area contributed by atoms with Gasteiger partial charge in [-0.2, -0.15) is 0 Å². The van der Waals surface area contributed by atoms with Crippen molar-refractivity contribution in [2.45, 2.75) is 13.8 Å². The van der Waals surface area contributed by atoms with Crippen LogP contribution in [0.25, 0.3) is 0 Å². The molecule has 0 saturated heterocycles. The fraction of sp³-hybridized carbons (Fsp3) is 0.222. The summed E-state index contributed by atoms with van der Waals surface area (Å²) in [4.78, 5) is 24.6. The molecule has 0 radical (unpaired) electrons. The third kappa shape index (κ3) is 3.95. The van der Waals surface area contributed by atoms with E-state index in [-0.39, 0.29) is 4.90 Å². The van der Waals surface area contributed by atoms with Crippen molar-refractivity contribution in [2.75, 3.05) is 6.54 Å². The van der Waals surface area contributed by atoms with Crippen LogP contribution in [0, 0.1) is 64.1 Å². The predicted molar refractivity (Wildman–Crippen MR) is 82.7 cm³/mol. The monoisotopic (exact) mass is 461 g/mol. The van der Waals surface area contributed by atoms with Crippen LogP contribution in [0.15, 0.2) is 0 Å². The number of carbonyl (C=O) groups is 2. The van der Waals surface area contributed by atoms with Gasteiger partial charge in [0.05, 0.1) is 0 Å². The highest BCUT2D eigenvalue weighted by Crippen LogP contribution is 2.28. The van der Waals surface area contributed by atoms with Gasteiger partial charge in [-0.05, 0) is 5.92 Å². The molecule has 0 spiro atoms. The molecule has 0 unspecified atom stereocenters. The lowest BCUT2D eigenvalue weighted by atomic mass is 10.1. The SMILES string of the molecule is CC(C)CN(C(=O)c1c(F)c(F)c(F)c(F)c1F)C(=O)c1c(F)c(F)c(F)c(F)c1F. The minimum absolute atomic E-state index is 0.388. The number of rotatable bonds is 4. The lowest BCUT2D eigenvalue weighted by Crippen LogP contribution is -2.42. The lowest BCUT2D eigenvalue weighted by molar-refractivity contribution is 0.0582. The van der Waals surface area contributed by atoms with Crippen LogP contribution in [0.4, 0.5) is 43.9 Å². The Morgan fingerprint density at radius 3 is 1.00 bits per heavy atom. The first-order chi connectivity index (χ1) is 14.2. The third-order valence-electron chi connectivity index (χ3n) is 3.89. The molecule has 0 aliphatic rings. The molecule has 3 nitrogen and oxygen atoms in total. The van der Waals surface area contributed by atoms with Gasteiger partial charge in [-0.1, -0.05) is 13.8 Å². The van der Waals surface area contributed by atoms with E-state index in [4.69, 9.17) is 0 Å². The van der Waals surface area contributed by atoms with Crippen LogP contribution in [-0.2, 0) is 0 Å². The predicted octanol–water partition coefficient (Wildman–Crippen LogP) is 5.02. The van der Waals surface area contributed by atoms with Crippen molar-refractivity contribution in [1.29, 1.82) is 0 Å². The Hall–Kier alpha value is -3.12. The maximum Gasteiger partial charge on any atom is 0.266 e. The molecule has 168 valence electrons. The minimum atomic E-state index is -2.64. The molecular weight excluding hydrogens is 452 g/mol. The summed E-state index contributed by atoms with van der Waals surface area (Å²) in [6.45, 7) is 1.56. The normalized spacial score (nSPS) is 11.3. The second-order valence-corrected chi connectivity index (χ2v) is 6.50. The van der Waals surface area contributed by atoms with Crippen molar-refractivity contribution in [3.05, 3.63) is 69.3 Å². The Labute approximate surface area is 166 Å². The number of hydrogen-bond acceptors (Lipinski definition) is 2. The van der Waals surface area contributed by atoms with Gasteiger partial charge in [-0.15, -0.1) is 0 Å². The summed E-state index contributed by atoms with van der Waals surface area (Å²) >= 11 is 0. The Kier molecular flexibility index (Phi) is 6.66. The molecular formula is C18H9F10NO2. The van der Waals surface area contributed by atoms with E-state index >= 15 is 0 Å². The molecule has 0 saturated carbocycles. The van der Waals surface area contributed by atoms with E-state index in [1.807, 2.05) is 0 Å². The third-order valence-corrected chi connectivity index (χ3v) is 3.89. The number of hydrogen-bond donors (Lipinski definition) is 0. The number of carbonyl (C=O) groups excluding carboxylic acids is 2. The van der Waals surface area contributed by atoms with Gasteiger partial charge in [0.2, 0.25) is 11.6 Å². The average Bonchev–Trinajstić information content (AvgIpc) is 2.71. The number of halogens is 10. The highest BCUT2D eigenvalue weighted by Gasteiger charge is 2.38. The number of nitrogens with zero attached hydrogens (tertiary/aromatic N) is 1. The van der Waals surface area contributed by atoms with E-state index in [0.29, 0.717) is 0 Å². The van der Waals surface area contributed by atoms with Crippen molar-refractivity contribution < 1.29 is 53.5 Å². The summed E-state index contributed by atoms with van der Waals surface area (Å²) in [5, 5.41) is 0. The van der Waals surface area contributed by atoms with Crippen molar-refractivity contribution in [3.8, 4) is 0 Å². The molecule has 2 rings (SSSR count). The highest BCUT2D eigenvalue weighted by molar-refractivity contribution is 6.10. The molecule has 2 aromatic carbocycles. The molecule has 0 aliphatic heterocycles. The summed E-state index contributed by atoms with van der Waals surface area (Å²) in [6, 6.07) is 0. The first-order valence-corrected chi connectivity index (χ1v) is 8.12. The molecule has 0 fully saturated rings. The second kappa shape index (κ2) is 8.55. The maximum atomic E-state index is 14.0. The molecule has 31 heavy (non-hydrogen) atoms. The number of amides is 2. The molecule has 2 amide bonds. The van der Waals surface area contributed by atoms with Crippen LogP contribution < -0.4 is 0 Å². The van der Waals surface area contributed by atoms with Crippen molar-refractivity contribution >= 4 is 11.8 Å². The molecule has 0 aliphatic carbocycles. The first kappa shape index (κ1) is 24.2. The van der Waals surface area contributed by atoms with E-state index < -0.39 is 93.6 Å². The van der Waals surface area contributed by atoms with Gasteiger partial charge < -0.3 is 0 Å². The van der Waals surface area contributed by atoms with Gasteiger partial charge in [-0.25, -0.2) is 43.9 Å². The topological polar surface area (TPSA) is 37.4 Å². The van der Waals surface area contributed by atoms with Crippen LogP contribution in [0.2, 0.25) is 0 Å². The first-order valence-electron chi connectivity index (χ1n) is 8.12. The van der Waals surface area contributed by atoms with Crippen molar-refractivity contribution in [2.24, 2.45) is 5.92 Å². The molecule has 0 N–H and O–H groups in total. The summed E-state index contributed by atoms with van der Waals surface area (Å²) in [5.41, 5.74) is -4.32. The zero-order valence-corrected chi connectivity index (χ0v) is 15.3. The smallest absolute Gasteiger partial charge is 0.266 e. The van der Waals surface area contributed by atoms with Crippen LogP contribution >= 0.6 is 0 Å². The van der Waals surface area contributed by atoms with Gasteiger partial charge in [0.1, 0.15) is 11.1 Å². The fourth-order valence-corrected chi connectivity index (χ4v) is 2.48. The number of benzene rings is 2. The minimum Gasteiger partial charge on any atom is -0.274 e. The van der Waals surface area contributed by atoms with E-state index in [2.05, 4.69) is 0 Å². The van der Waals surface area contributed by atoms with Crippen LogP contribution in [0.5, 0.6) is 0 Å². The summed E-state index contributed by atoms with van der Waals surface area (Å²) in [5.74, 6) is -31.5. The van der Waals surface area contributed by atoms with Gasteiger partial charge in [-0.3, -0.25) is 14.5 Å². The average molecular weight is 461 g/mol. The second-order valence-electron chi connectivity index (χ2n) is 6.50. The van der Waals surface area contributed by atoms with Gasteiger partial charge >= 0.3 is 0 Å². The Balaban J connectivity index is 2.75. The zero-order valence-electron chi connectivity index (χ0n) is 15.3. The highest BCUT2D eigenvalue weighted by atomic mass is 19.2. The van der Waals surface area contributed by atoms with E-state index in [1.54, 1.807) is 0 Å². The molecule has 2 aromatic rings. The van der Waals surface area contributed by atoms with Crippen molar-refractivity contribution in [3.63, 3.8) is 0 Å². The van der Waals surface area contributed by atoms with E-state index in [0.717, 1.165) is 0 Å². The lowest BCUT2D eigenvalue weighted by Gasteiger charge is -2.24. The Bertz CT molecular complexity index is 960. The molecule has 0 aromatic heterocycles. The number of imide groups is 1. The van der Waals surface area contributed by atoms with E-state index in [9.17, 15) is 53.5 Å². The van der Waals surface area contributed by atoms with Gasteiger partial charge in [0.25, 0.3) is 11.8 Å². The molecule has 0 atom stereocenters. The molecule has 0 bridgehead atoms. The Morgan fingerprint density at radius 2 is 0.774 bits per heavy atom. The van der Waals surface area contributed by atoms with Crippen LogP contribution in [0.1, 0.15) is 34.6 Å². The van der Waals surface area contributed by atoms with Crippen LogP contribution in [0.3, 0.4) is 0 Å². The zero-order chi connectivity index (χ0) is 23.9. The largest absolute Gasteiger partial charge is 0.274 e. The molecule has 0 heterocycles. The van der Waals surface area contributed by atoms with Gasteiger partial charge in [0, 0.05) is 6.54 Å². The molecule has 13 heteroatoms. The van der Waals surface area contributed by atoms with Crippen molar-refractivity contribution in [1.82, 2.24) is 4.90 Å².